The fraction of sp³-hybridized carbons (Fsp3) is 0.500. The number of ether oxygens (including phenoxy) is 2. The Hall–Kier alpha value is -1.46. The maximum absolute atomic E-state index is 12.3. The Morgan fingerprint density at radius 1 is 1.50 bits per heavy atom. The van der Waals surface area contributed by atoms with E-state index in [1.165, 1.54) is 7.11 Å². The van der Waals surface area contributed by atoms with E-state index in [0.717, 1.165) is 0 Å². The first-order valence-corrected chi connectivity index (χ1v) is 6.81. The van der Waals surface area contributed by atoms with Crippen molar-refractivity contribution in [2.75, 3.05) is 27.3 Å². The van der Waals surface area contributed by atoms with Crippen molar-refractivity contribution < 1.29 is 14.3 Å². The number of carbonyl (C=O) groups excluding carboxylic acids is 1. The van der Waals surface area contributed by atoms with Crippen LogP contribution in [0.4, 0.5) is 0 Å². The summed E-state index contributed by atoms with van der Waals surface area (Å²) in [4.78, 5) is 13.9. The number of nitrogens with two attached hydrogens (primary N) is 1. The van der Waals surface area contributed by atoms with Crippen molar-refractivity contribution in [2.24, 2.45) is 5.73 Å². The molecule has 0 saturated carbocycles. The smallest absolute Gasteiger partial charge is 0.254 e. The van der Waals surface area contributed by atoms with Gasteiger partial charge in [0.1, 0.15) is 0 Å². The Bertz CT molecular complexity index is 480. The molecule has 1 unspecified atom stereocenters. The second kappa shape index (κ2) is 7.36. The van der Waals surface area contributed by atoms with Gasteiger partial charge in [-0.25, -0.2) is 0 Å². The SMILES string of the molecule is CCOc1c(Cl)cc(C(=O)N(C)C(C)CN)cc1OC. The average Bonchev–Trinajstić information content (AvgIpc) is 2.46. The third-order valence-electron chi connectivity index (χ3n) is 3.09. The van der Waals surface area contributed by atoms with Crippen LogP contribution in [0.3, 0.4) is 0 Å². The van der Waals surface area contributed by atoms with Crippen molar-refractivity contribution in [3.8, 4) is 11.5 Å². The zero-order valence-electron chi connectivity index (χ0n) is 12.3. The van der Waals surface area contributed by atoms with E-state index in [-0.39, 0.29) is 11.9 Å². The number of amides is 1. The van der Waals surface area contributed by atoms with Gasteiger partial charge in [0.15, 0.2) is 11.5 Å². The molecule has 20 heavy (non-hydrogen) atoms. The van der Waals surface area contributed by atoms with Crippen LogP contribution in [0.25, 0.3) is 0 Å². The van der Waals surface area contributed by atoms with Gasteiger partial charge in [0.2, 0.25) is 0 Å². The first kappa shape index (κ1) is 16.6. The molecule has 0 aliphatic rings. The molecule has 1 aromatic rings. The lowest BCUT2D eigenvalue weighted by Crippen LogP contribution is -2.39. The first-order valence-electron chi connectivity index (χ1n) is 6.43. The number of likely N-dealkylation sites (N-methyl/N-ethyl adjacent to an activating group) is 1. The maximum atomic E-state index is 12.3. The number of rotatable bonds is 6. The molecule has 6 heteroatoms. The van der Waals surface area contributed by atoms with Gasteiger partial charge in [-0.3, -0.25) is 4.79 Å². The Morgan fingerprint density at radius 2 is 2.15 bits per heavy atom. The van der Waals surface area contributed by atoms with Crippen molar-refractivity contribution in [1.82, 2.24) is 4.90 Å². The zero-order chi connectivity index (χ0) is 15.3. The Morgan fingerprint density at radius 3 is 2.65 bits per heavy atom. The molecule has 2 N–H and O–H groups in total. The molecule has 0 saturated heterocycles. The molecule has 0 heterocycles. The summed E-state index contributed by atoms with van der Waals surface area (Å²) in [5.41, 5.74) is 6.02. The number of carbonyl (C=O) groups is 1. The molecule has 1 rings (SSSR count). The quantitative estimate of drug-likeness (QED) is 0.874. The highest BCUT2D eigenvalue weighted by atomic mass is 35.5. The Labute approximate surface area is 124 Å². The normalized spacial score (nSPS) is 11.9. The lowest BCUT2D eigenvalue weighted by Gasteiger charge is -2.24. The van der Waals surface area contributed by atoms with Crippen molar-refractivity contribution in [3.05, 3.63) is 22.7 Å². The number of methoxy groups -OCH3 is 1. The minimum atomic E-state index is -0.161. The summed E-state index contributed by atoms with van der Waals surface area (Å²) < 4.78 is 10.7. The molecule has 0 aromatic heterocycles. The summed E-state index contributed by atoms with van der Waals surface area (Å²) in [6.07, 6.45) is 0. The summed E-state index contributed by atoms with van der Waals surface area (Å²) >= 11 is 6.15. The van der Waals surface area contributed by atoms with Gasteiger partial charge in [-0.05, 0) is 26.0 Å². The van der Waals surface area contributed by atoms with Crippen LogP contribution in [0.1, 0.15) is 24.2 Å². The largest absolute Gasteiger partial charge is 0.493 e. The van der Waals surface area contributed by atoms with Gasteiger partial charge in [0.05, 0.1) is 18.7 Å². The van der Waals surface area contributed by atoms with Crippen LogP contribution in [-0.2, 0) is 0 Å². The van der Waals surface area contributed by atoms with Crippen LogP contribution in [-0.4, -0.2) is 44.2 Å². The lowest BCUT2D eigenvalue weighted by molar-refractivity contribution is 0.0748. The van der Waals surface area contributed by atoms with E-state index in [1.807, 2.05) is 13.8 Å². The highest BCUT2D eigenvalue weighted by Crippen LogP contribution is 2.36. The third kappa shape index (κ3) is 3.55. The van der Waals surface area contributed by atoms with E-state index in [2.05, 4.69) is 0 Å². The summed E-state index contributed by atoms with van der Waals surface area (Å²) in [6, 6.07) is 3.15. The van der Waals surface area contributed by atoms with Crippen molar-refractivity contribution in [3.63, 3.8) is 0 Å². The van der Waals surface area contributed by atoms with Gasteiger partial charge in [-0.1, -0.05) is 11.6 Å². The molecule has 5 nitrogen and oxygen atoms in total. The standard InChI is InChI=1S/C14H21ClN2O3/c1-5-20-13-11(15)6-10(7-12(13)19-4)14(18)17(3)9(2)8-16/h6-7,9H,5,8,16H2,1-4H3. The van der Waals surface area contributed by atoms with Crippen LogP contribution in [0.2, 0.25) is 5.02 Å². The Kier molecular flexibility index (Phi) is 6.10. The molecular formula is C14H21ClN2O3. The fourth-order valence-electron chi connectivity index (χ4n) is 1.69. The minimum absolute atomic E-state index is 0.0566. The molecule has 1 aromatic carbocycles. The first-order chi connectivity index (χ1) is 9.46. The predicted molar refractivity (Wildman–Crippen MR) is 79.8 cm³/mol. The monoisotopic (exact) mass is 300 g/mol. The summed E-state index contributed by atoms with van der Waals surface area (Å²) in [6.45, 7) is 4.59. The minimum Gasteiger partial charge on any atom is -0.493 e. The molecule has 0 radical (unpaired) electrons. The van der Waals surface area contributed by atoms with Crippen LogP contribution in [0, 0.1) is 0 Å². The van der Waals surface area contributed by atoms with Gasteiger partial charge >= 0.3 is 0 Å². The summed E-state index contributed by atoms with van der Waals surface area (Å²) in [5.74, 6) is 0.727. The molecule has 1 amide bonds. The van der Waals surface area contributed by atoms with Crippen LogP contribution in [0.15, 0.2) is 12.1 Å². The highest BCUT2D eigenvalue weighted by Gasteiger charge is 2.20. The molecule has 0 spiro atoms. The Balaban J connectivity index is 3.14. The van der Waals surface area contributed by atoms with E-state index < -0.39 is 0 Å². The number of hydrogen-bond donors (Lipinski definition) is 1. The van der Waals surface area contributed by atoms with Gasteiger partial charge in [-0.2, -0.15) is 0 Å². The number of halogens is 1. The molecule has 0 fully saturated rings. The second-order valence-corrected chi connectivity index (χ2v) is 4.83. The fourth-order valence-corrected chi connectivity index (χ4v) is 1.95. The number of hydrogen-bond acceptors (Lipinski definition) is 4. The van der Waals surface area contributed by atoms with E-state index in [4.69, 9.17) is 26.8 Å². The van der Waals surface area contributed by atoms with E-state index in [1.54, 1.807) is 24.1 Å². The van der Waals surface area contributed by atoms with Crippen molar-refractivity contribution in [2.45, 2.75) is 19.9 Å². The van der Waals surface area contributed by atoms with Crippen LogP contribution >= 0.6 is 11.6 Å². The van der Waals surface area contributed by atoms with E-state index in [9.17, 15) is 4.79 Å². The maximum Gasteiger partial charge on any atom is 0.254 e. The highest BCUT2D eigenvalue weighted by molar-refractivity contribution is 6.32. The summed E-state index contributed by atoms with van der Waals surface area (Å²) in [5, 5.41) is 0.350. The van der Waals surface area contributed by atoms with Gasteiger partial charge in [-0.15, -0.1) is 0 Å². The van der Waals surface area contributed by atoms with E-state index >= 15 is 0 Å². The molecule has 0 aliphatic carbocycles. The average molecular weight is 301 g/mol. The van der Waals surface area contributed by atoms with Gasteiger partial charge in [0.25, 0.3) is 5.91 Å². The molecule has 0 aliphatic heterocycles. The molecule has 0 bridgehead atoms. The topological polar surface area (TPSA) is 64.8 Å². The second-order valence-electron chi connectivity index (χ2n) is 4.42. The third-order valence-corrected chi connectivity index (χ3v) is 3.37. The number of benzene rings is 1. The van der Waals surface area contributed by atoms with Crippen LogP contribution < -0.4 is 15.2 Å². The molecule has 112 valence electrons. The molecule has 1 atom stereocenters. The predicted octanol–water partition coefficient (Wildman–Crippen LogP) is 2.17. The van der Waals surface area contributed by atoms with Crippen molar-refractivity contribution >= 4 is 17.5 Å². The van der Waals surface area contributed by atoms with Gasteiger partial charge in [0, 0.05) is 25.2 Å². The van der Waals surface area contributed by atoms with E-state index in [0.29, 0.717) is 35.2 Å². The van der Waals surface area contributed by atoms with Crippen molar-refractivity contribution in [1.29, 1.82) is 0 Å². The molecular weight excluding hydrogens is 280 g/mol. The van der Waals surface area contributed by atoms with Crippen LogP contribution in [0.5, 0.6) is 11.5 Å². The number of nitrogens with zero attached hydrogens (tertiary/aromatic N) is 1. The summed E-state index contributed by atoms with van der Waals surface area (Å²) in [7, 11) is 3.21. The lowest BCUT2D eigenvalue weighted by atomic mass is 10.1. The van der Waals surface area contributed by atoms with Gasteiger partial charge < -0.3 is 20.1 Å². The zero-order valence-corrected chi connectivity index (χ0v) is 13.0.